The van der Waals surface area contributed by atoms with E-state index in [-0.39, 0.29) is 69.1 Å². The van der Waals surface area contributed by atoms with Crippen molar-refractivity contribution in [1.29, 1.82) is 0 Å². The van der Waals surface area contributed by atoms with Gasteiger partial charge < -0.3 is 4.74 Å². The number of nitrogens with zero attached hydrogens (tertiary/aromatic N) is 5. The molecule has 0 aliphatic carbocycles. The number of hydrogen-bond donors (Lipinski definition) is 4. The van der Waals surface area contributed by atoms with Gasteiger partial charge in [-0.3, -0.25) is 18.2 Å². The van der Waals surface area contributed by atoms with Crippen LogP contribution < -0.4 is 4.74 Å². The molecule has 1 aromatic heterocycles. The van der Waals surface area contributed by atoms with Crippen molar-refractivity contribution in [2.24, 2.45) is 10.2 Å². The van der Waals surface area contributed by atoms with Gasteiger partial charge in [0.2, 0.25) is 0 Å². The number of aryl methyl sites for hydroxylation is 1. The van der Waals surface area contributed by atoms with Gasteiger partial charge in [0.1, 0.15) is 27.1 Å². The summed E-state index contributed by atoms with van der Waals surface area (Å²) in [7, 11) is -16.6. The van der Waals surface area contributed by atoms with Crippen LogP contribution in [0, 0.1) is 6.92 Å². The molecule has 0 aliphatic rings. The van der Waals surface area contributed by atoms with Crippen LogP contribution in [0.5, 0.6) is 5.75 Å². The molecular weight excluding hydrogens is 807 g/mol. The minimum atomic E-state index is -4.98. The Hall–Kier alpha value is -3.33. The van der Waals surface area contributed by atoms with Crippen molar-refractivity contribution in [3.63, 3.8) is 0 Å². The van der Waals surface area contributed by atoms with Gasteiger partial charge in [0.15, 0.2) is 10.3 Å². The maximum absolute atomic E-state index is 12.4. The fourth-order valence-corrected chi connectivity index (χ4v) is 9.27. The lowest BCUT2D eigenvalue weighted by Gasteiger charge is -2.12. The second-order valence-electron chi connectivity index (χ2n) is 10.8. The van der Waals surface area contributed by atoms with Crippen LogP contribution in [-0.4, -0.2) is 97.0 Å². The molecule has 0 atom stereocenters. The highest BCUT2D eigenvalue weighted by molar-refractivity contribution is 7.99. The van der Waals surface area contributed by atoms with E-state index in [2.05, 4.69) is 25.2 Å². The van der Waals surface area contributed by atoms with Crippen molar-refractivity contribution >= 4 is 86.1 Å². The van der Waals surface area contributed by atoms with Crippen LogP contribution in [0.25, 0.3) is 10.8 Å². The summed E-state index contributed by atoms with van der Waals surface area (Å²) in [6.45, 7) is 1.68. The molecule has 282 valence electrons. The summed E-state index contributed by atoms with van der Waals surface area (Å²) in [5.41, 5.74) is 1.03. The van der Waals surface area contributed by atoms with E-state index in [0.29, 0.717) is 16.9 Å². The number of ether oxygens (including phenoxy) is 1. The smallest absolute Gasteiger partial charge is 0.297 e. The molecule has 3 aromatic carbocycles. The fourth-order valence-electron chi connectivity index (χ4n) is 4.71. The lowest BCUT2D eigenvalue weighted by molar-refractivity contribution is 0.410. The number of fused-ring (bicyclic) bond motifs is 1. The van der Waals surface area contributed by atoms with Crippen molar-refractivity contribution in [3.05, 3.63) is 59.4 Å². The van der Waals surface area contributed by atoms with E-state index < -0.39 is 61.8 Å². The predicted octanol–water partition coefficient (Wildman–Crippen LogP) is 4.58. The number of azo groups is 1. The Morgan fingerprint density at radius 1 is 0.712 bits per heavy atom. The lowest BCUT2D eigenvalue weighted by Crippen LogP contribution is -2.07. The Kier molecular flexibility index (Phi) is 13.4. The zero-order valence-corrected chi connectivity index (χ0v) is 32.0. The zero-order valence-electron chi connectivity index (χ0n) is 27.1. The van der Waals surface area contributed by atoms with Gasteiger partial charge in [-0.05, 0) is 43.5 Å². The first kappa shape index (κ1) is 41.4. The Morgan fingerprint density at radius 3 is 1.81 bits per heavy atom. The van der Waals surface area contributed by atoms with Gasteiger partial charge in [0.05, 0.1) is 24.3 Å². The minimum absolute atomic E-state index is 0.0921. The Bertz CT molecular complexity index is 2400. The van der Waals surface area contributed by atoms with Crippen molar-refractivity contribution in [1.82, 2.24) is 15.0 Å². The fraction of sp³-hybridized carbons (Fsp3) is 0.321. The van der Waals surface area contributed by atoms with Crippen LogP contribution in [0.15, 0.2) is 72.8 Å². The molecule has 18 nitrogen and oxygen atoms in total. The van der Waals surface area contributed by atoms with Crippen LogP contribution in [0.3, 0.4) is 0 Å². The molecule has 4 rings (SSSR count). The monoisotopic (exact) mass is 837 g/mol. The van der Waals surface area contributed by atoms with Crippen LogP contribution in [0.2, 0.25) is 0 Å². The largest absolute Gasteiger partial charge is 0.496 e. The molecule has 0 saturated carbocycles. The number of methoxy groups -OCH3 is 1. The van der Waals surface area contributed by atoms with Crippen LogP contribution in [-0.2, 0) is 46.9 Å². The molecule has 4 aromatic rings. The highest BCUT2D eigenvalue weighted by Gasteiger charge is 2.24. The van der Waals surface area contributed by atoms with Gasteiger partial charge in [-0.15, -0.1) is 5.11 Å². The first-order valence-electron chi connectivity index (χ1n) is 14.7. The van der Waals surface area contributed by atoms with E-state index >= 15 is 0 Å². The third-order valence-corrected chi connectivity index (χ3v) is 12.2. The molecule has 0 aliphatic heterocycles. The molecule has 0 fully saturated rings. The Morgan fingerprint density at radius 2 is 1.29 bits per heavy atom. The third kappa shape index (κ3) is 11.8. The van der Waals surface area contributed by atoms with Crippen LogP contribution in [0.4, 0.5) is 11.4 Å². The minimum Gasteiger partial charge on any atom is -0.496 e. The summed E-state index contributed by atoms with van der Waals surface area (Å²) in [5, 5.41) is 8.29. The Labute approximate surface area is 307 Å². The first-order valence-corrected chi connectivity index (χ1v) is 22.7. The predicted molar refractivity (Wildman–Crippen MR) is 192 cm³/mol. The molecule has 0 unspecified atom stereocenters. The number of aromatic nitrogens is 3. The quantitative estimate of drug-likeness (QED) is 0.0490. The third-order valence-electron chi connectivity index (χ3n) is 6.90. The number of thioether (sulfide) groups is 2. The second-order valence-corrected chi connectivity index (χ2v) is 18.9. The van der Waals surface area contributed by atoms with Crippen LogP contribution >= 0.6 is 23.5 Å². The van der Waals surface area contributed by atoms with Gasteiger partial charge in [-0.1, -0.05) is 41.7 Å². The van der Waals surface area contributed by atoms with E-state index in [9.17, 15) is 42.8 Å². The molecular formula is C28H31N5O13S6. The maximum atomic E-state index is 12.4. The summed E-state index contributed by atoms with van der Waals surface area (Å²) in [4.78, 5) is 12.0. The standard InChI is InChI=1S/C28H31N5O13S6/c1-17-14-18(15-25-29-27(47-10-4-12-49(34,35)36)31-28(30-25)48-11-5-13-50(37,38)39)23(46-2)16-22(17)33-32-21-9-8-19-20(26(21)52(43,44)45)6-3-7-24(19)51(40,41)42/h3,6-9,14,16H,4-5,10-13,15H2,1-2H3,(H,34,35,36)(H,37,38,39)(H,40,41,42)(H,43,44,45). The average Bonchev–Trinajstić information content (AvgIpc) is 3.02. The van der Waals surface area contributed by atoms with Gasteiger partial charge in [-0.2, -0.15) is 43.8 Å². The van der Waals surface area contributed by atoms with Gasteiger partial charge in [0, 0.05) is 40.3 Å². The molecule has 0 spiro atoms. The van der Waals surface area contributed by atoms with Crippen molar-refractivity contribution in [2.75, 3.05) is 30.1 Å². The van der Waals surface area contributed by atoms with Gasteiger partial charge >= 0.3 is 0 Å². The van der Waals surface area contributed by atoms with Crippen molar-refractivity contribution in [3.8, 4) is 5.75 Å². The molecule has 52 heavy (non-hydrogen) atoms. The van der Waals surface area contributed by atoms with Crippen LogP contribution in [0.1, 0.15) is 29.8 Å². The van der Waals surface area contributed by atoms with Gasteiger partial charge in [-0.25, -0.2) is 9.97 Å². The summed E-state index contributed by atoms with van der Waals surface area (Å²) in [6.07, 6.45) is 0.316. The molecule has 0 amide bonds. The zero-order chi connectivity index (χ0) is 38.5. The van der Waals surface area contributed by atoms with Gasteiger partial charge in [0.25, 0.3) is 40.5 Å². The average molecular weight is 838 g/mol. The number of hydrogen-bond acceptors (Lipinski definition) is 16. The van der Waals surface area contributed by atoms with Crippen molar-refractivity contribution < 1.29 is 56.6 Å². The molecule has 1 heterocycles. The topological polar surface area (TPSA) is 290 Å². The Balaban J connectivity index is 1.66. The van der Waals surface area contributed by atoms with E-state index in [0.717, 1.165) is 35.7 Å². The van der Waals surface area contributed by atoms with E-state index in [1.165, 1.54) is 31.4 Å². The highest BCUT2D eigenvalue weighted by Crippen LogP contribution is 2.37. The SMILES string of the molecule is COc1cc(N=Nc2ccc3c(S(=O)(=O)O)cccc3c2S(=O)(=O)O)c(C)cc1Cc1nc(SCCCS(=O)(=O)O)nc(SCCCS(=O)(=O)O)n1. The number of rotatable bonds is 17. The molecule has 4 N–H and O–H groups in total. The molecule has 0 saturated heterocycles. The summed E-state index contributed by atoms with van der Waals surface area (Å²) in [6, 6.07) is 9.05. The lowest BCUT2D eigenvalue weighted by atomic mass is 10.1. The molecule has 24 heteroatoms. The molecule has 0 bridgehead atoms. The van der Waals surface area contributed by atoms with E-state index in [4.69, 9.17) is 13.8 Å². The number of benzene rings is 3. The van der Waals surface area contributed by atoms with E-state index in [1.54, 1.807) is 13.0 Å². The maximum Gasteiger partial charge on any atom is 0.297 e. The summed E-state index contributed by atoms with van der Waals surface area (Å²) in [5.74, 6) is 0.156. The highest BCUT2D eigenvalue weighted by atomic mass is 32.2. The summed E-state index contributed by atoms with van der Waals surface area (Å²) < 4.78 is 136. The second kappa shape index (κ2) is 16.8. The van der Waals surface area contributed by atoms with E-state index in [1.807, 2.05) is 0 Å². The molecule has 0 radical (unpaired) electrons. The van der Waals surface area contributed by atoms with Crippen molar-refractivity contribution in [2.45, 2.75) is 46.3 Å². The summed E-state index contributed by atoms with van der Waals surface area (Å²) >= 11 is 2.24. The first-order chi connectivity index (χ1) is 24.1. The normalized spacial score (nSPS) is 12.9.